The second kappa shape index (κ2) is 8.15. The summed E-state index contributed by atoms with van der Waals surface area (Å²) < 4.78 is 0.951. The van der Waals surface area contributed by atoms with Gasteiger partial charge in [0.15, 0.2) is 5.78 Å². The highest BCUT2D eigenvalue weighted by atomic mass is 79.9. The van der Waals surface area contributed by atoms with Crippen molar-refractivity contribution in [3.05, 3.63) is 69.5 Å². The molecule has 4 rings (SSSR count). The van der Waals surface area contributed by atoms with Gasteiger partial charge in [0.25, 0.3) is 0 Å². The molecule has 1 aliphatic carbocycles. The van der Waals surface area contributed by atoms with E-state index in [0.717, 1.165) is 33.4 Å². The van der Waals surface area contributed by atoms with Crippen LogP contribution in [0.4, 0.5) is 5.82 Å². The number of aromatic nitrogens is 1. The van der Waals surface area contributed by atoms with Gasteiger partial charge in [-0.15, -0.1) is 0 Å². The van der Waals surface area contributed by atoms with Crippen LogP contribution in [0.3, 0.4) is 0 Å². The second-order valence-corrected chi connectivity index (χ2v) is 10.2. The van der Waals surface area contributed by atoms with Crippen molar-refractivity contribution < 1.29 is 9.59 Å². The lowest BCUT2D eigenvalue weighted by Crippen LogP contribution is -2.41. The van der Waals surface area contributed by atoms with Crippen molar-refractivity contribution >= 4 is 39.1 Å². The van der Waals surface area contributed by atoms with E-state index < -0.39 is 5.92 Å². The first-order valence-electron chi connectivity index (χ1n) is 10.4. The van der Waals surface area contributed by atoms with Gasteiger partial charge in [0.1, 0.15) is 5.82 Å². The van der Waals surface area contributed by atoms with Gasteiger partial charge in [0.05, 0.1) is 5.92 Å². The maximum absolute atomic E-state index is 13.4. The van der Waals surface area contributed by atoms with Crippen LogP contribution in [-0.4, -0.2) is 22.4 Å². The van der Waals surface area contributed by atoms with Crippen LogP contribution >= 0.6 is 15.9 Å². The van der Waals surface area contributed by atoms with Gasteiger partial charge in [-0.25, -0.2) is 4.98 Å². The number of anilines is 1. The molecule has 1 amide bonds. The third-order valence-electron chi connectivity index (χ3n) is 5.98. The molecular weight excluding hydrogens is 454 g/mol. The van der Waals surface area contributed by atoms with Crippen LogP contribution in [0, 0.1) is 18.3 Å². The second-order valence-electron chi connectivity index (χ2n) is 9.27. The Morgan fingerprint density at radius 3 is 2.45 bits per heavy atom. The van der Waals surface area contributed by atoms with Crippen molar-refractivity contribution in [3.63, 3.8) is 0 Å². The SMILES string of the molecule is CC1=NC2=C(C(=O)CC(C)(C)C2)[C@@H](c2ccc(Br)cc2)C1C(=O)Nc1ccc(C)cn1. The van der Waals surface area contributed by atoms with Gasteiger partial charge < -0.3 is 5.32 Å². The molecule has 0 bridgehead atoms. The number of ketones is 1. The predicted molar refractivity (Wildman–Crippen MR) is 126 cm³/mol. The first-order valence-corrected chi connectivity index (χ1v) is 11.2. The fourth-order valence-electron chi connectivity index (χ4n) is 4.56. The number of pyridine rings is 1. The zero-order valence-electron chi connectivity index (χ0n) is 18.2. The Morgan fingerprint density at radius 2 is 1.81 bits per heavy atom. The molecule has 6 heteroatoms. The molecule has 0 fully saturated rings. The molecule has 0 saturated heterocycles. The standard InChI is InChI=1S/C25H26BrN3O2/c1-14-5-10-20(27-13-14)29-24(31)21-15(2)28-18-11-25(3,4)12-19(30)23(18)22(21)16-6-8-17(26)9-7-16/h5-10,13,21-22H,11-12H2,1-4H3,(H,27,29,31)/t21?,22-/m0/s1. The van der Waals surface area contributed by atoms with Crippen molar-refractivity contribution in [3.8, 4) is 0 Å². The van der Waals surface area contributed by atoms with Crippen LogP contribution < -0.4 is 5.32 Å². The molecule has 1 aromatic heterocycles. The Hall–Kier alpha value is -2.60. The molecular formula is C25H26BrN3O2. The van der Waals surface area contributed by atoms with E-state index in [1.54, 1.807) is 12.3 Å². The van der Waals surface area contributed by atoms with E-state index in [4.69, 9.17) is 4.99 Å². The number of aryl methyl sites for hydroxylation is 1. The molecule has 0 spiro atoms. The Balaban J connectivity index is 1.78. The Kier molecular flexibility index (Phi) is 5.69. The maximum atomic E-state index is 13.4. The van der Waals surface area contributed by atoms with Crippen LogP contribution in [0.2, 0.25) is 0 Å². The normalized spacial score (nSPS) is 22.6. The monoisotopic (exact) mass is 479 g/mol. The third kappa shape index (κ3) is 4.40. The number of Topliss-reactive ketones (excluding diaryl/α,β-unsaturated/α-hetero) is 1. The molecule has 2 atom stereocenters. The highest BCUT2D eigenvalue weighted by molar-refractivity contribution is 9.10. The molecule has 2 heterocycles. The number of amides is 1. The van der Waals surface area contributed by atoms with Crippen molar-refractivity contribution in [1.82, 2.24) is 4.98 Å². The van der Waals surface area contributed by atoms with E-state index in [1.807, 2.05) is 44.2 Å². The van der Waals surface area contributed by atoms with E-state index in [0.29, 0.717) is 17.8 Å². The van der Waals surface area contributed by atoms with Gasteiger partial charge in [0, 0.05) is 40.0 Å². The quantitative estimate of drug-likeness (QED) is 0.621. The summed E-state index contributed by atoms with van der Waals surface area (Å²) in [5, 5.41) is 2.93. The van der Waals surface area contributed by atoms with Crippen LogP contribution in [0.25, 0.3) is 0 Å². The minimum atomic E-state index is -0.576. The number of carbonyl (C=O) groups excluding carboxylic acids is 2. The first-order chi connectivity index (χ1) is 14.6. The molecule has 160 valence electrons. The average Bonchev–Trinajstić information content (AvgIpc) is 2.68. The summed E-state index contributed by atoms with van der Waals surface area (Å²) >= 11 is 3.48. The van der Waals surface area contributed by atoms with E-state index in [1.165, 1.54) is 0 Å². The highest BCUT2D eigenvalue weighted by Crippen LogP contribution is 2.47. The van der Waals surface area contributed by atoms with Crippen LogP contribution in [0.5, 0.6) is 0 Å². The predicted octanol–water partition coefficient (Wildman–Crippen LogP) is 5.61. The minimum absolute atomic E-state index is 0.0849. The van der Waals surface area contributed by atoms with E-state index in [9.17, 15) is 9.59 Å². The Morgan fingerprint density at radius 1 is 1.10 bits per heavy atom. The van der Waals surface area contributed by atoms with Crippen molar-refractivity contribution in [2.45, 2.75) is 46.5 Å². The largest absolute Gasteiger partial charge is 0.310 e. The van der Waals surface area contributed by atoms with E-state index >= 15 is 0 Å². The van der Waals surface area contributed by atoms with Gasteiger partial charge in [-0.05, 0) is 55.0 Å². The molecule has 1 aromatic carbocycles. The molecule has 0 radical (unpaired) electrons. The van der Waals surface area contributed by atoms with Gasteiger partial charge in [-0.1, -0.05) is 48.0 Å². The minimum Gasteiger partial charge on any atom is -0.310 e. The maximum Gasteiger partial charge on any atom is 0.235 e. The zero-order valence-corrected chi connectivity index (χ0v) is 19.8. The molecule has 5 nitrogen and oxygen atoms in total. The number of nitrogens with zero attached hydrogens (tertiary/aromatic N) is 2. The number of nitrogens with one attached hydrogen (secondary N) is 1. The molecule has 31 heavy (non-hydrogen) atoms. The zero-order chi connectivity index (χ0) is 22.3. The van der Waals surface area contributed by atoms with Crippen LogP contribution in [0.15, 0.2) is 63.3 Å². The molecule has 1 unspecified atom stereocenters. The molecule has 1 aliphatic heterocycles. The van der Waals surface area contributed by atoms with Crippen LogP contribution in [0.1, 0.15) is 50.7 Å². The lowest BCUT2D eigenvalue weighted by molar-refractivity contribution is -0.119. The van der Waals surface area contributed by atoms with Crippen LogP contribution in [-0.2, 0) is 9.59 Å². The number of benzene rings is 1. The fraction of sp³-hybridized carbons (Fsp3) is 0.360. The summed E-state index contributed by atoms with van der Waals surface area (Å²) in [6.07, 6.45) is 2.91. The Bertz CT molecular complexity index is 1100. The van der Waals surface area contributed by atoms with E-state index in [-0.39, 0.29) is 23.0 Å². The van der Waals surface area contributed by atoms with Crippen molar-refractivity contribution in [2.75, 3.05) is 5.32 Å². The van der Waals surface area contributed by atoms with Gasteiger partial charge in [-0.2, -0.15) is 0 Å². The van der Waals surface area contributed by atoms with Crippen molar-refractivity contribution in [2.24, 2.45) is 16.3 Å². The number of aliphatic imine (C=N–C) groups is 1. The van der Waals surface area contributed by atoms with Gasteiger partial charge in [0.2, 0.25) is 5.91 Å². The lowest BCUT2D eigenvalue weighted by atomic mass is 9.66. The number of carbonyl (C=O) groups is 2. The number of hydrogen-bond acceptors (Lipinski definition) is 4. The summed E-state index contributed by atoms with van der Waals surface area (Å²) in [5.74, 6) is -0.562. The van der Waals surface area contributed by atoms with Crippen molar-refractivity contribution in [1.29, 1.82) is 0 Å². The van der Waals surface area contributed by atoms with E-state index in [2.05, 4.69) is 40.1 Å². The highest BCUT2D eigenvalue weighted by Gasteiger charge is 2.45. The summed E-state index contributed by atoms with van der Waals surface area (Å²) in [5.41, 5.74) is 4.06. The summed E-state index contributed by atoms with van der Waals surface area (Å²) in [6.45, 7) is 8.02. The molecule has 0 saturated carbocycles. The molecule has 2 aromatic rings. The topological polar surface area (TPSA) is 71.4 Å². The molecule has 1 N–H and O–H groups in total. The summed E-state index contributed by atoms with van der Waals surface area (Å²) in [6, 6.07) is 11.6. The number of allylic oxidation sites excluding steroid dienone is 2. The summed E-state index contributed by atoms with van der Waals surface area (Å²) in [7, 11) is 0. The number of hydrogen-bond donors (Lipinski definition) is 1. The van der Waals surface area contributed by atoms with Gasteiger partial charge in [-0.3, -0.25) is 14.6 Å². The third-order valence-corrected chi connectivity index (χ3v) is 6.51. The smallest absolute Gasteiger partial charge is 0.235 e. The number of rotatable bonds is 3. The summed E-state index contributed by atoms with van der Waals surface area (Å²) in [4.78, 5) is 35.8. The lowest BCUT2D eigenvalue weighted by Gasteiger charge is -2.39. The first kappa shape index (κ1) is 21.6. The molecule has 2 aliphatic rings. The fourth-order valence-corrected chi connectivity index (χ4v) is 4.83. The average molecular weight is 480 g/mol. The number of halogens is 1. The van der Waals surface area contributed by atoms with Gasteiger partial charge >= 0.3 is 0 Å². The Labute approximate surface area is 191 Å².